The molecular formula is C15H25N3O2S. The van der Waals surface area contributed by atoms with Crippen molar-refractivity contribution in [1.82, 2.24) is 10.2 Å². The summed E-state index contributed by atoms with van der Waals surface area (Å²) in [6.07, 6.45) is 2.58. The van der Waals surface area contributed by atoms with Crippen LogP contribution in [-0.4, -0.2) is 39.0 Å². The maximum atomic E-state index is 11.4. The summed E-state index contributed by atoms with van der Waals surface area (Å²) in [6.45, 7) is 7.52. The number of likely N-dealkylation sites (tertiary alicyclic amines) is 1. The van der Waals surface area contributed by atoms with Crippen molar-refractivity contribution < 1.29 is 8.42 Å². The maximum Gasteiger partial charge on any atom is 0.238 e. The zero-order chi connectivity index (χ0) is 15.5. The summed E-state index contributed by atoms with van der Waals surface area (Å²) in [6, 6.07) is 7.42. The molecule has 21 heavy (non-hydrogen) atoms. The molecule has 2 unspecified atom stereocenters. The van der Waals surface area contributed by atoms with Crippen molar-refractivity contribution in [2.75, 3.05) is 19.6 Å². The van der Waals surface area contributed by atoms with Gasteiger partial charge >= 0.3 is 0 Å². The van der Waals surface area contributed by atoms with Crippen LogP contribution in [-0.2, 0) is 10.0 Å². The topological polar surface area (TPSA) is 75.4 Å². The molecule has 2 atom stereocenters. The van der Waals surface area contributed by atoms with Crippen LogP contribution in [0.1, 0.15) is 38.3 Å². The van der Waals surface area contributed by atoms with Crippen LogP contribution in [0.5, 0.6) is 0 Å². The quantitative estimate of drug-likeness (QED) is 0.834. The van der Waals surface area contributed by atoms with Crippen LogP contribution >= 0.6 is 0 Å². The lowest BCUT2D eigenvalue weighted by molar-refractivity contribution is 0.247. The first kappa shape index (κ1) is 16.4. The Labute approximate surface area is 127 Å². The Morgan fingerprint density at radius 1 is 1.29 bits per heavy atom. The van der Waals surface area contributed by atoms with E-state index in [4.69, 9.17) is 5.14 Å². The number of hydrogen-bond acceptors (Lipinski definition) is 4. The molecule has 0 amide bonds. The number of sulfonamides is 1. The van der Waals surface area contributed by atoms with E-state index in [2.05, 4.69) is 17.1 Å². The van der Waals surface area contributed by atoms with Gasteiger partial charge in [0.25, 0.3) is 0 Å². The fraction of sp³-hybridized carbons (Fsp3) is 0.600. The molecule has 1 aliphatic heterocycles. The number of primary sulfonamides is 1. The lowest BCUT2D eigenvalue weighted by atomic mass is 10.1. The molecule has 0 spiro atoms. The molecule has 3 N–H and O–H groups in total. The van der Waals surface area contributed by atoms with E-state index in [0.717, 1.165) is 12.1 Å². The van der Waals surface area contributed by atoms with Gasteiger partial charge in [-0.2, -0.15) is 0 Å². The van der Waals surface area contributed by atoms with Crippen LogP contribution in [0, 0.1) is 0 Å². The fourth-order valence-electron chi connectivity index (χ4n) is 2.74. The van der Waals surface area contributed by atoms with E-state index in [1.807, 2.05) is 13.0 Å². The van der Waals surface area contributed by atoms with Crippen LogP contribution < -0.4 is 10.5 Å². The second-order valence-corrected chi connectivity index (χ2v) is 7.40. The van der Waals surface area contributed by atoms with Gasteiger partial charge in [0.1, 0.15) is 0 Å². The van der Waals surface area contributed by atoms with E-state index >= 15 is 0 Å². The van der Waals surface area contributed by atoms with Gasteiger partial charge in [0.2, 0.25) is 10.0 Å². The van der Waals surface area contributed by atoms with Crippen LogP contribution in [0.25, 0.3) is 0 Å². The Morgan fingerprint density at radius 2 is 1.95 bits per heavy atom. The number of rotatable bonds is 6. The van der Waals surface area contributed by atoms with Gasteiger partial charge in [0, 0.05) is 18.6 Å². The van der Waals surface area contributed by atoms with Crippen molar-refractivity contribution >= 4 is 10.0 Å². The monoisotopic (exact) mass is 311 g/mol. The molecule has 1 aliphatic rings. The van der Waals surface area contributed by atoms with Gasteiger partial charge in [-0.25, -0.2) is 13.6 Å². The zero-order valence-corrected chi connectivity index (χ0v) is 13.6. The number of nitrogens with two attached hydrogens (primary N) is 1. The summed E-state index contributed by atoms with van der Waals surface area (Å²) in [7, 11) is -3.64. The normalized spacial score (nSPS) is 19.6. The highest BCUT2D eigenvalue weighted by Gasteiger charge is 2.18. The molecule has 2 rings (SSSR count). The smallest absolute Gasteiger partial charge is 0.238 e. The highest BCUT2D eigenvalue weighted by Crippen LogP contribution is 2.17. The third-order valence-electron chi connectivity index (χ3n) is 4.17. The predicted octanol–water partition coefficient (Wildman–Crippen LogP) is 1.47. The van der Waals surface area contributed by atoms with Crippen molar-refractivity contribution in [3.8, 4) is 0 Å². The van der Waals surface area contributed by atoms with Gasteiger partial charge in [-0.3, -0.25) is 4.90 Å². The highest BCUT2D eigenvalue weighted by atomic mass is 32.2. The van der Waals surface area contributed by atoms with Crippen molar-refractivity contribution in [3.05, 3.63) is 29.8 Å². The lowest BCUT2D eigenvalue weighted by Gasteiger charge is -2.26. The first-order valence-corrected chi connectivity index (χ1v) is 9.03. The number of nitrogens with one attached hydrogen (secondary N) is 1. The molecule has 1 fully saturated rings. The van der Waals surface area contributed by atoms with Crippen molar-refractivity contribution in [3.63, 3.8) is 0 Å². The van der Waals surface area contributed by atoms with Crippen molar-refractivity contribution in [2.24, 2.45) is 5.14 Å². The SMILES string of the molecule is CC(NCC(C)N1CCCC1)c1cccc(S(N)(=O)=O)c1. The second kappa shape index (κ2) is 6.87. The Kier molecular flexibility index (Phi) is 5.37. The first-order chi connectivity index (χ1) is 9.88. The van der Waals surface area contributed by atoms with E-state index in [-0.39, 0.29) is 10.9 Å². The molecule has 0 aromatic heterocycles. The minimum atomic E-state index is -3.64. The van der Waals surface area contributed by atoms with Crippen molar-refractivity contribution in [1.29, 1.82) is 0 Å². The van der Waals surface area contributed by atoms with E-state index in [9.17, 15) is 8.42 Å². The van der Waals surface area contributed by atoms with E-state index in [1.165, 1.54) is 32.0 Å². The molecule has 1 aromatic carbocycles. The summed E-state index contributed by atoms with van der Waals surface area (Å²) < 4.78 is 22.8. The molecule has 1 aromatic rings. The second-order valence-electron chi connectivity index (χ2n) is 5.84. The summed E-state index contributed by atoms with van der Waals surface area (Å²) in [5.41, 5.74) is 0.940. The Bertz CT molecular complexity index is 568. The zero-order valence-electron chi connectivity index (χ0n) is 12.7. The third-order valence-corrected chi connectivity index (χ3v) is 5.08. The molecule has 0 aliphatic carbocycles. The summed E-state index contributed by atoms with van der Waals surface area (Å²) in [4.78, 5) is 2.65. The molecule has 1 heterocycles. The van der Waals surface area contributed by atoms with Gasteiger partial charge in [-0.05, 0) is 57.5 Å². The number of hydrogen-bond donors (Lipinski definition) is 2. The minimum absolute atomic E-state index is 0.0942. The standard InChI is InChI=1S/C15H25N3O2S/c1-12(18-8-3-4-9-18)11-17-13(2)14-6-5-7-15(10-14)21(16,19)20/h5-7,10,12-13,17H,3-4,8-9,11H2,1-2H3,(H2,16,19,20). The molecular weight excluding hydrogens is 286 g/mol. The lowest BCUT2D eigenvalue weighted by Crippen LogP contribution is -2.39. The molecule has 118 valence electrons. The highest BCUT2D eigenvalue weighted by molar-refractivity contribution is 7.89. The summed E-state index contributed by atoms with van der Waals surface area (Å²) in [5.74, 6) is 0. The van der Waals surface area contributed by atoms with Crippen LogP contribution in [0.4, 0.5) is 0 Å². The van der Waals surface area contributed by atoms with Gasteiger partial charge in [0.15, 0.2) is 0 Å². The Hall–Kier alpha value is -0.950. The van der Waals surface area contributed by atoms with Crippen LogP contribution in [0.2, 0.25) is 0 Å². The third kappa shape index (κ3) is 4.51. The van der Waals surface area contributed by atoms with Crippen LogP contribution in [0.15, 0.2) is 29.2 Å². The average Bonchev–Trinajstić information content (AvgIpc) is 2.98. The van der Waals surface area contributed by atoms with Gasteiger partial charge < -0.3 is 5.32 Å². The predicted molar refractivity (Wildman–Crippen MR) is 84.5 cm³/mol. The minimum Gasteiger partial charge on any atom is -0.309 e. The molecule has 0 bridgehead atoms. The summed E-state index contributed by atoms with van der Waals surface area (Å²) in [5, 5.41) is 8.65. The van der Waals surface area contributed by atoms with E-state index < -0.39 is 10.0 Å². The maximum absolute atomic E-state index is 11.4. The van der Waals surface area contributed by atoms with Crippen molar-refractivity contribution in [2.45, 2.75) is 43.7 Å². The molecule has 5 nitrogen and oxygen atoms in total. The number of nitrogens with zero attached hydrogens (tertiary/aromatic N) is 1. The van der Waals surface area contributed by atoms with Gasteiger partial charge in [-0.15, -0.1) is 0 Å². The first-order valence-electron chi connectivity index (χ1n) is 7.48. The average molecular weight is 311 g/mol. The largest absolute Gasteiger partial charge is 0.309 e. The Balaban J connectivity index is 1.95. The molecule has 1 saturated heterocycles. The summed E-state index contributed by atoms with van der Waals surface area (Å²) >= 11 is 0. The fourth-order valence-corrected chi connectivity index (χ4v) is 3.31. The Morgan fingerprint density at radius 3 is 2.57 bits per heavy atom. The van der Waals surface area contributed by atoms with E-state index in [1.54, 1.807) is 12.1 Å². The van der Waals surface area contributed by atoms with E-state index in [0.29, 0.717) is 6.04 Å². The molecule has 0 radical (unpaired) electrons. The molecule has 0 saturated carbocycles. The van der Waals surface area contributed by atoms with Gasteiger partial charge in [0.05, 0.1) is 4.90 Å². The van der Waals surface area contributed by atoms with Gasteiger partial charge in [-0.1, -0.05) is 12.1 Å². The van der Waals surface area contributed by atoms with Crippen LogP contribution in [0.3, 0.4) is 0 Å². The molecule has 6 heteroatoms. The number of benzene rings is 1.